The van der Waals surface area contributed by atoms with Crippen LogP contribution >= 0.6 is 0 Å². The number of rotatable bonds is 7. The summed E-state index contributed by atoms with van der Waals surface area (Å²) in [6, 6.07) is 15.3. The third-order valence-corrected chi connectivity index (χ3v) is 5.83. The van der Waals surface area contributed by atoms with Gasteiger partial charge in [-0.05, 0) is 42.5 Å². The molecule has 1 heterocycles. The molecule has 160 valence electrons. The molecule has 3 rings (SSSR count). The van der Waals surface area contributed by atoms with Crippen LogP contribution in [-0.4, -0.2) is 34.9 Å². The average Bonchev–Trinajstić information content (AvgIpc) is 2.76. The van der Waals surface area contributed by atoms with Crippen LogP contribution in [-0.2, 0) is 17.8 Å². The highest BCUT2D eigenvalue weighted by Gasteiger charge is 2.30. The van der Waals surface area contributed by atoms with E-state index in [2.05, 4.69) is 36.1 Å². The number of benzene rings is 2. The largest absolute Gasteiger partial charge is 0.309 e. The maximum Gasteiger partial charge on any atom is 0.269 e. The van der Waals surface area contributed by atoms with E-state index in [4.69, 9.17) is 0 Å². The molecule has 6 heteroatoms. The Morgan fingerprint density at radius 2 is 1.63 bits per heavy atom. The fraction of sp³-hybridized carbons (Fsp3) is 0.458. The van der Waals surface area contributed by atoms with Crippen LogP contribution in [0.2, 0.25) is 0 Å². The molecular formula is C24H31N3O3. The lowest BCUT2D eigenvalue weighted by molar-refractivity contribution is -0.384. The summed E-state index contributed by atoms with van der Waals surface area (Å²) >= 11 is 0. The fourth-order valence-electron chi connectivity index (χ4n) is 4.01. The van der Waals surface area contributed by atoms with Crippen molar-refractivity contribution in [3.8, 4) is 0 Å². The summed E-state index contributed by atoms with van der Waals surface area (Å²) in [5.41, 5.74) is 3.45. The molecule has 1 amide bonds. The van der Waals surface area contributed by atoms with Crippen molar-refractivity contribution in [1.29, 1.82) is 0 Å². The number of nitrogens with zero attached hydrogens (tertiary/aromatic N) is 3. The maximum atomic E-state index is 13.0. The molecule has 1 aliphatic rings. The first kappa shape index (κ1) is 22.0. The molecule has 6 nitrogen and oxygen atoms in total. The number of anilines is 1. The van der Waals surface area contributed by atoms with Crippen molar-refractivity contribution in [3.05, 3.63) is 69.8 Å². The van der Waals surface area contributed by atoms with E-state index in [9.17, 15) is 14.9 Å². The molecule has 0 spiro atoms. The summed E-state index contributed by atoms with van der Waals surface area (Å²) in [5.74, 6) is 0.127. The number of carbonyl (C=O) groups is 1. The van der Waals surface area contributed by atoms with Crippen molar-refractivity contribution < 1.29 is 9.72 Å². The van der Waals surface area contributed by atoms with Crippen LogP contribution in [0.5, 0.6) is 0 Å². The smallest absolute Gasteiger partial charge is 0.269 e. The van der Waals surface area contributed by atoms with Crippen LogP contribution in [0.1, 0.15) is 44.7 Å². The zero-order valence-electron chi connectivity index (χ0n) is 18.1. The van der Waals surface area contributed by atoms with Crippen LogP contribution in [0.4, 0.5) is 11.4 Å². The molecule has 1 saturated heterocycles. The standard InChI is InChI=1S/C24H31N3O3/c1-4-19-5-9-21(10-6-19)26(24(28)18(2)3)22-13-15-25(16-14-22)17-20-7-11-23(12-8-20)27(29)30/h5-12,18,22H,4,13-17H2,1-3H3. The van der Waals surface area contributed by atoms with Gasteiger partial charge < -0.3 is 4.90 Å². The second kappa shape index (κ2) is 9.85. The molecule has 0 radical (unpaired) electrons. The van der Waals surface area contributed by atoms with Gasteiger partial charge in [0.15, 0.2) is 0 Å². The number of nitro groups is 1. The Morgan fingerprint density at radius 3 is 2.13 bits per heavy atom. The van der Waals surface area contributed by atoms with Crippen molar-refractivity contribution in [2.45, 2.75) is 52.6 Å². The van der Waals surface area contributed by atoms with Gasteiger partial charge in [0.1, 0.15) is 0 Å². The van der Waals surface area contributed by atoms with Crippen molar-refractivity contribution in [1.82, 2.24) is 4.90 Å². The van der Waals surface area contributed by atoms with Gasteiger partial charge in [0.25, 0.3) is 5.69 Å². The predicted molar refractivity (Wildman–Crippen MR) is 120 cm³/mol. The van der Waals surface area contributed by atoms with Crippen LogP contribution in [0, 0.1) is 16.0 Å². The minimum atomic E-state index is -0.372. The molecule has 0 bridgehead atoms. The number of nitro benzene ring substituents is 1. The molecule has 0 saturated carbocycles. The number of piperidine rings is 1. The van der Waals surface area contributed by atoms with Gasteiger partial charge in [-0.2, -0.15) is 0 Å². The number of hydrogen-bond donors (Lipinski definition) is 0. The first-order valence-corrected chi connectivity index (χ1v) is 10.8. The average molecular weight is 410 g/mol. The van der Waals surface area contributed by atoms with Gasteiger partial charge in [0.2, 0.25) is 5.91 Å². The van der Waals surface area contributed by atoms with E-state index in [0.29, 0.717) is 0 Å². The van der Waals surface area contributed by atoms with E-state index < -0.39 is 0 Å². The molecule has 2 aromatic carbocycles. The quantitative estimate of drug-likeness (QED) is 0.486. The van der Waals surface area contributed by atoms with Gasteiger partial charge in [-0.3, -0.25) is 19.8 Å². The fourth-order valence-corrected chi connectivity index (χ4v) is 4.01. The van der Waals surface area contributed by atoms with Crippen LogP contribution in [0.3, 0.4) is 0 Å². The molecule has 0 N–H and O–H groups in total. The highest BCUT2D eigenvalue weighted by molar-refractivity contribution is 5.95. The van der Waals surface area contributed by atoms with E-state index in [1.54, 1.807) is 12.1 Å². The second-order valence-electron chi connectivity index (χ2n) is 8.31. The van der Waals surface area contributed by atoms with Gasteiger partial charge in [-0.1, -0.05) is 45.0 Å². The number of hydrogen-bond acceptors (Lipinski definition) is 4. The molecule has 0 atom stereocenters. The summed E-state index contributed by atoms with van der Waals surface area (Å²) in [6.07, 6.45) is 2.82. The summed E-state index contributed by atoms with van der Waals surface area (Å²) in [6.45, 7) is 8.62. The monoisotopic (exact) mass is 409 g/mol. The van der Waals surface area contributed by atoms with Crippen molar-refractivity contribution >= 4 is 17.3 Å². The first-order chi connectivity index (χ1) is 14.4. The molecular weight excluding hydrogens is 378 g/mol. The molecule has 0 aromatic heterocycles. The maximum absolute atomic E-state index is 13.0. The Labute approximate surface area is 178 Å². The Kier molecular flexibility index (Phi) is 7.21. The second-order valence-corrected chi connectivity index (χ2v) is 8.31. The van der Waals surface area contributed by atoms with Crippen molar-refractivity contribution in [2.75, 3.05) is 18.0 Å². The zero-order chi connectivity index (χ0) is 21.7. The Hall–Kier alpha value is -2.73. The van der Waals surface area contributed by atoms with E-state index >= 15 is 0 Å². The SMILES string of the molecule is CCc1ccc(N(C(=O)C(C)C)C2CCN(Cc3ccc([N+](=O)[O-])cc3)CC2)cc1. The Bertz CT molecular complexity index is 854. The van der Waals surface area contributed by atoms with E-state index in [0.717, 1.165) is 50.1 Å². The van der Waals surface area contributed by atoms with Gasteiger partial charge >= 0.3 is 0 Å². The van der Waals surface area contributed by atoms with Crippen LogP contribution in [0.25, 0.3) is 0 Å². The molecule has 1 aliphatic heterocycles. The van der Waals surface area contributed by atoms with Crippen molar-refractivity contribution in [2.24, 2.45) is 5.92 Å². The Morgan fingerprint density at radius 1 is 1.07 bits per heavy atom. The van der Waals surface area contributed by atoms with Crippen molar-refractivity contribution in [3.63, 3.8) is 0 Å². The van der Waals surface area contributed by atoms with Gasteiger partial charge in [-0.25, -0.2) is 0 Å². The molecule has 1 fully saturated rings. The minimum Gasteiger partial charge on any atom is -0.309 e. The number of amides is 1. The van der Waals surface area contributed by atoms with E-state index in [-0.39, 0.29) is 28.5 Å². The number of aryl methyl sites for hydroxylation is 1. The third kappa shape index (κ3) is 5.25. The summed E-state index contributed by atoms with van der Waals surface area (Å²) in [7, 11) is 0. The lowest BCUT2D eigenvalue weighted by Gasteiger charge is -2.39. The normalized spacial score (nSPS) is 15.3. The lowest BCUT2D eigenvalue weighted by atomic mass is 9.99. The number of likely N-dealkylation sites (tertiary alicyclic amines) is 1. The van der Waals surface area contributed by atoms with E-state index in [1.807, 2.05) is 30.9 Å². The molecule has 0 unspecified atom stereocenters. The highest BCUT2D eigenvalue weighted by Crippen LogP contribution is 2.27. The number of carbonyl (C=O) groups excluding carboxylic acids is 1. The zero-order valence-corrected chi connectivity index (χ0v) is 18.1. The summed E-state index contributed by atoms with van der Waals surface area (Å²) < 4.78 is 0. The predicted octanol–water partition coefficient (Wildman–Crippen LogP) is 4.81. The first-order valence-electron chi connectivity index (χ1n) is 10.8. The number of non-ortho nitro benzene ring substituents is 1. The molecule has 30 heavy (non-hydrogen) atoms. The van der Waals surface area contributed by atoms with Gasteiger partial charge in [-0.15, -0.1) is 0 Å². The van der Waals surface area contributed by atoms with Crippen LogP contribution in [0.15, 0.2) is 48.5 Å². The minimum absolute atomic E-state index is 0.0472. The molecule has 2 aromatic rings. The van der Waals surface area contributed by atoms with E-state index in [1.165, 1.54) is 5.56 Å². The Balaban J connectivity index is 1.66. The van der Waals surface area contributed by atoms with Crippen LogP contribution < -0.4 is 4.90 Å². The molecule has 0 aliphatic carbocycles. The topological polar surface area (TPSA) is 66.7 Å². The summed E-state index contributed by atoms with van der Waals surface area (Å²) in [5, 5.41) is 10.8. The lowest BCUT2D eigenvalue weighted by Crippen LogP contribution is -2.48. The van der Waals surface area contributed by atoms with Gasteiger partial charge in [0.05, 0.1) is 4.92 Å². The third-order valence-electron chi connectivity index (χ3n) is 5.83. The highest BCUT2D eigenvalue weighted by atomic mass is 16.6. The van der Waals surface area contributed by atoms with Gasteiger partial charge in [0, 0.05) is 49.4 Å². The summed E-state index contributed by atoms with van der Waals surface area (Å²) in [4.78, 5) is 27.8.